The monoisotopic (exact) mass is 382 g/mol. The molecule has 1 aromatic carbocycles. The summed E-state index contributed by atoms with van der Waals surface area (Å²) >= 11 is 7.86. The molecule has 1 amide bonds. The molecule has 0 aliphatic carbocycles. The van der Waals surface area contributed by atoms with E-state index in [0.29, 0.717) is 5.25 Å². The van der Waals surface area contributed by atoms with Gasteiger partial charge in [-0.15, -0.1) is 11.8 Å². The molecular formula is C18H27ClN4OS. The topological polar surface area (TPSA) is 47.9 Å². The van der Waals surface area contributed by atoms with Crippen LogP contribution in [0.3, 0.4) is 0 Å². The summed E-state index contributed by atoms with van der Waals surface area (Å²) in [7, 11) is 3.51. The highest BCUT2D eigenvalue weighted by Crippen LogP contribution is 2.31. The number of guanidine groups is 1. The Hall–Kier alpha value is -1.40. The van der Waals surface area contributed by atoms with Crippen molar-refractivity contribution in [3.8, 4) is 0 Å². The molecule has 25 heavy (non-hydrogen) atoms. The van der Waals surface area contributed by atoms with Gasteiger partial charge in [-0.2, -0.15) is 0 Å². The number of hydrogen-bond donors (Lipinski definition) is 1. The number of carbonyl (C=O) groups is 1. The average Bonchev–Trinajstić information content (AvgIpc) is 2.61. The van der Waals surface area contributed by atoms with Crippen LogP contribution in [0, 0.1) is 0 Å². The summed E-state index contributed by atoms with van der Waals surface area (Å²) in [6, 6.07) is 8.04. The van der Waals surface area contributed by atoms with E-state index in [2.05, 4.69) is 27.3 Å². The lowest BCUT2D eigenvalue weighted by Gasteiger charge is -2.34. The number of piperidine rings is 1. The van der Waals surface area contributed by atoms with Crippen molar-refractivity contribution in [3.05, 3.63) is 29.3 Å². The van der Waals surface area contributed by atoms with Gasteiger partial charge in [-0.25, -0.2) is 4.99 Å². The van der Waals surface area contributed by atoms with Crippen molar-refractivity contribution in [3.63, 3.8) is 0 Å². The molecule has 1 aliphatic heterocycles. The molecule has 1 aromatic rings. The Bertz CT molecular complexity index is 583. The first-order valence-corrected chi connectivity index (χ1v) is 9.91. The third-order valence-corrected chi connectivity index (χ3v) is 5.66. The van der Waals surface area contributed by atoms with Crippen molar-refractivity contribution in [1.29, 1.82) is 0 Å². The van der Waals surface area contributed by atoms with Gasteiger partial charge in [0.15, 0.2) is 5.96 Å². The smallest absolute Gasteiger partial charge is 0.243 e. The third kappa shape index (κ3) is 6.44. The number of nitrogens with zero attached hydrogens (tertiary/aromatic N) is 3. The second kappa shape index (κ2) is 9.92. The lowest BCUT2D eigenvalue weighted by molar-refractivity contribution is -0.127. The first-order chi connectivity index (χ1) is 12.0. The van der Waals surface area contributed by atoms with Crippen molar-refractivity contribution < 1.29 is 4.79 Å². The molecular weight excluding hydrogens is 356 g/mol. The minimum atomic E-state index is 0.0172. The van der Waals surface area contributed by atoms with Crippen LogP contribution < -0.4 is 5.32 Å². The van der Waals surface area contributed by atoms with Crippen LogP contribution in [0.25, 0.3) is 0 Å². The van der Waals surface area contributed by atoms with Gasteiger partial charge in [0.05, 0.1) is 0 Å². The number of carbonyl (C=O) groups excluding carboxylic acids is 1. The molecule has 1 fully saturated rings. The molecule has 138 valence electrons. The predicted octanol–water partition coefficient (Wildman–Crippen LogP) is 2.95. The Morgan fingerprint density at radius 2 is 1.96 bits per heavy atom. The van der Waals surface area contributed by atoms with Gasteiger partial charge in [0.2, 0.25) is 5.91 Å². The molecule has 0 saturated carbocycles. The highest BCUT2D eigenvalue weighted by atomic mass is 35.5. The number of halogens is 1. The van der Waals surface area contributed by atoms with E-state index in [1.54, 1.807) is 19.0 Å². The zero-order chi connectivity index (χ0) is 18.2. The summed E-state index contributed by atoms with van der Waals surface area (Å²) in [5.41, 5.74) is 0. The van der Waals surface area contributed by atoms with Crippen LogP contribution in [0.2, 0.25) is 5.02 Å². The first kappa shape index (κ1) is 19.9. The van der Waals surface area contributed by atoms with Crippen LogP contribution in [0.4, 0.5) is 0 Å². The normalized spacial score (nSPS) is 16.0. The molecule has 0 atom stereocenters. The van der Waals surface area contributed by atoms with Gasteiger partial charge in [0.1, 0.15) is 6.54 Å². The first-order valence-electron chi connectivity index (χ1n) is 8.65. The second-order valence-electron chi connectivity index (χ2n) is 6.22. The van der Waals surface area contributed by atoms with Gasteiger partial charge < -0.3 is 15.1 Å². The van der Waals surface area contributed by atoms with E-state index in [1.165, 1.54) is 4.90 Å². The maximum Gasteiger partial charge on any atom is 0.243 e. The Balaban J connectivity index is 1.88. The Morgan fingerprint density at radius 3 is 2.52 bits per heavy atom. The standard InChI is InChI=1S/C18H27ClN4OS/c1-4-20-18(21-13-17(24)22(2)3)23-11-9-16(10-12-23)25-15-7-5-14(19)6-8-15/h5-8,16H,4,9-13H2,1-3H3,(H,20,21). The zero-order valence-corrected chi connectivity index (χ0v) is 16.7. The van der Waals surface area contributed by atoms with Crippen molar-refractivity contribution in [1.82, 2.24) is 15.1 Å². The highest BCUT2D eigenvalue weighted by Gasteiger charge is 2.22. The molecule has 1 heterocycles. The number of nitrogens with one attached hydrogen (secondary N) is 1. The molecule has 0 unspecified atom stereocenters. The summed E-state index contributed by atoms with van der Waals surface area (Å²) in [6.07, 6.45) is 2.19. The number of rotatable bonds is 5. The number of likely N-dealkylation sites (N-methyl/N-ethyl adjacent to an activating group) is 1. The van der Waals surface area contributed by atoms with Gasteiger partial charge in [0.25, 0.3) is 0 Å². The summed E-state index contributed by atoms with van der Waals surface area (Å²) in [5, 5.41) is 4.68. The van der Waals surface area contributed by atoms with Crippen molar-refractivity contribution >= 4 is 35.2 Å². The third-order valence-electron chi connectivity index (χ3n) is 4.06. The van der Waals surface area contributed by atoms with Gasteiger partial charge in [-0.05, 0) is 44.0 Å². The molecule has 1 N–H and O–H groups in total. The quantitative estimate of drug-likeness (QED) is 0.628. The van der Waals surface area contributed by atoms with Crippen LogP contribution in [0.15, 0.2) is 34.2 Å². The zero-order valence-electron chi connectivity index (χ0n) is 15.2. The van der Waals surface area contributed by atoms with E-state index in [4.69, 9.17) is 11.6 Å². The maximum atomic E-state index is 11.8. The van der Waals surface area contributed by atoms with Crippen LogP contribution in [-0.4, -0.2) is 67.2 Å². The summed E-state index contributed by atoms with van der Waals surface area (Å²) in [6.45, 7) is 4.94. The molecule has 1 aliphatic rings. The predicted molar refractivity (Wildman–Crippen MR) is 107 cm³/mol. The molecule has 7 heteroatoms. The molecule has 0 bridgehead atoms. The second-order valence-corrected chi connectivity index (χ2v) is 8.03. The van der Waals surface area contributed by atoms with E-state index in [1.807, 2.05) is 30.8 Å². The minimum absolute atomic E-state index is 0.0172. The number of hydrogen-bond acceptors (Lipinski definition) is 3. The van der Waals surface area contributed by atoms with E-state index in [9.17, 15) is 4.79 Å². The van der Waals surface area contributed by atoms with E-state index in [0.717, 1.165) is 43.5 Å². The largest absolute Gasteiger partial charge is 0.357 e. The van der Waals surface area contributed by atoms with E-state index in [-0.39, 0.29) is 12.5 Å². The fraction of sp³-hybridized carbons (Fsp3) is 0.556. The highest BCUT2D eigenvalue weighted by molar-refractivity contribution is 8.00. The number of aliphatic imine (C=N–C) groups is 1. The fourth-order valence-corrected chi connectivity index (χ4v) is 3.85. The molecule has 2 rings (SSSR count). The Kier molecular flexibility index (Phi) is 7.90. The fourth-order valence-electron chi connectivity index (χ4n) is 2.60. The SMILES string of the molecule is CCNC(=NCC(=O)N(C)C)N1CCC(Sc2ccc(Cl)cc2)CC1. The van der Waals surface area contributed by atoms with E-state index < -0.39 is 0 Å². The van der Waals surface area contributed by atoms with Gasteiger partial charge >= 0.3 is 0 Å². The lowest BCUT2D eigenvalue weighted by atomic mass is 10.1. The molecule has 0 radical (unpaired) electrons. The Morgan fingerprint density at radius 1 is 1.32 bits per heavy atom. The van der Waals surface area contributed by atoms with Gasteiger partial charge in [0, 0.05) is 48.9 Å². The Labute approximate surface area is 159 Å². The lowest BCUT2D eigenvalue weighted by Crippen LogP contribution is -2.46. The average molecular weight is 383 g/mol. The minimum Gasteiger partial charge on any atom is -0.357 e. The van der Waals surface area contributed by atoms with Crippen molar-refractivity contribution in [2.75, 3.05) is 40.3 Å². The molecule has 1 saturated heterocycles. The summed E-state index contributed by atoms with van der Waals surface area (Å²) in [5.74, 6) is 0.858. The summed E-state index contributed by atoms with van der Waals surface area (Å²) < 4.78 is 0. The van der Waals surface area contributed by atoms with Crippen LogP contribution in [-0.2, 0) is 4.79 Å². The number of amides is 1. The van der Waals surface area contributed by atoms with E-state index >= 15 is 0 Å². The molecule has 0 aromatic heterocycles. The number of thioether (sulfide) groups is 1. The van der Waals surface area contributed by atoms with Crippen LogP contribution in [0.1, 0.15) is 19.8 Å². The summed E-state index contributed by atoms with van der Waals surface area (Å²) in [4.78, 5) is 21.4. The number of benzene rings is 1. The van der Waals surface area contributed by atoms with Gasteiger partial charge in [-0.3, -0.25) is 4.79 Å². The van der Waals surface area contributed by atoms with Crippen LogP contribution in [0.5, 0.6) is 0 Å². The molecule has 0 spiro atoms. The molecule has 5 nitrogen and oxygen atoms in total. The van der Waals surface area contributed by atoms with Crippen molar-refractivity contribution in [2.45, 2.75) is 29.9 Å². The van der Waals surface area contributed by atoms with Crippen LogP contribution >= 0.6 is 23.4 Å². The maximum absolute atomic E-state index is 11.8. The number of likely N-dealkylation sites (tertiary alicyclic amines) is 1. The van der Waals surface area contributed by atoms with Gasteiger partial charge in [-0.1, -0.05) is 11.6 Å². The van der Waals surface area contributed by atoms with Crippen molar-refractivity contribution in [2.24, 2.45) is 4.99 Å².